The molecule has 1 amide bonds. The van der Waals surface area contributed by atoms with Gasteiger partial charge in [-0.3, -0.25) is 25.0 Å². The summed E-state index contributed by atoms with van der Waals surface area (Å²) in [6.07, 6.45) is 0. The minimum Gasteiger partial charge on any atom is -0.480 e. The second-order valence-corrected chi connectivity index (χ2v) is 8.16. The summed E-state index contributed by atoms with van der Waals surface area (Å²) in [7, 11) is 0. The van der Waals surface area contributed by atoms with E-state index in [0.29, 0.717) is 11.1 Å². The number of rotatable bonds is 6. The highest BCUT2D eigenvalue weighted by molar-refractivity contribution is 14.1. The average Bonchev–Trinajstić information content (AvgIpc) is 2.87. The summed E-state index contributed by atoms with van der Waals surface area (Å²) in [5, 5.41) is 40.6. The lowest BCUT2D eigenvalue weighted by atomic mass is 10.1. The first-order valence-electron chi connectivity index (χ1n) is 10.0. The van der Waals surface area contributed by atoms with Crippen LogP contribution >= 0.6 is 22.6 Å². The molecule has 3 N–H and O–H groups in total. The molecule has 3 rings (SSSR count). The van der Waals surface area contributed by atoms with Crippen LogP contribution in [0.5, 0.6) is 0 Å². The Hall–Kier alpha value is -4.35. The van der Waals surface area contributed by atoms with Crippen molar-refractivity contribution >= 4 is 45.8 Å². The standard InChI is InChI=1S/C18H14N2O6.C6H4INO2/c21-11-16(18(23)24)19-17(22)14-7-3-12(4-8-14)1-2-13-5-9-15(10-6-13)20(25)26;7-5-1-3-6(4-2-5)8(9)10/h3-10,16,21H,11H2,(H,19,22)(H,23,24);1-4H/t16-;/m0./s1. The molecule has 12 heteroatoms. The van der Waals surface area contributed by atoms with Crippen LogP contribution in [0.3, 0.4) is 0 Å². The molecule has 0 aliphatic heterocycles. The van der Waals surface area contributed by atoms with E-state index in [1.165, 1.54) is 48.5 Å². The summed E-state index contributed by atoms with van der Waals surface area (Å²) in [6, 6.07) is 16.9. The Bertz CT molecular complexity index is 1300. The third-order valence-electron chi connectivity index (χ3n) is 4.40. The molecule has 0 aliphatic carbocycles. The highest BCUT2D eigenvalue weighted by Crippen LogP contribution is 2.13. The van der Waals surface area contributed by atoms with Crippen molar-refractivity contribution in [1.82, 2.24) is 5.32 Å². The number of halogens is 1. The Kier molecular flexibility index (Phi) is 10.5. The summed E-state index contributed by atoms with van der Waals surface area (Å²) >= 11 is 2.10. The van der Waals surface area contributed by atoms with Crippen molar-refractivity contribution < 1.29 is 29.6 Å². The summed E-state index contributed by atoms with van der Waals surface area (Å²) in [5.74, 6) is 3.76. The van der Waals surface area contributed by atoms with E-state index in [1.54, 1.807) is 24.3 Å². The minimum atomic E-state index is -1.37. The molecule has 184 valence electrons. The number of amides is 1. The van der Waals surface area contributed by atoms with E-state index in [0.717, 1.165) is 3.57 Å². The molecule has 0 saturated heterocycles. The fourth-order valence-electron chi connectivity index (χ4n) is 2.51. The number of carbonyl (C=O) groups is 2. The van der Waals surface area contributed by atoms with Crippen LogP contribution < -0.4 is 5.32 Å². The molecule has 36 heavy (non-hydrogen) atoms. The highest BCUT2D eigenvalue weighted by Gasteiger charge is 2.19. The Morgan fingerprint density at radius 3 is 1.64 bits per heavy atom. The lowest BCUT2D eigenvalue weighted by molar-refractivity contribution is -0.385. The number of aliphatic carboxylic acids is 1. The molecule has 0 heterocycles. The Labute approximate surface area is 218 Å². The number of aliphatic hydroxyl groups excluding tert-OH is 1. The zero-order valence-electron chi connectivity index (χ0n) is 18.3. The Morgan fingerprint density at radius 1 is 0.833 bits per heavy atom. The van der Waals surface area contributed by atoms with Gasteiger partial charge >= 0.3 is 5.97 Å². The molecule has 11 nitrogen and oxygen atoms in total. The van der Waals surface area contributed by atoms with Crippen molar-refractivity contribution in [3.63, 3.8) is 0 Å². The summed E-state index contributed by atoms with van der Waals surface area (Å²) in [4.78, 5) is 42.5. The zero-order chi connectivity index (χ0) is 26.7. The van der Waals surface area contributed by atoms with E-state index in [-0.39, 0.29) is 16.9 Å². The number of nitrogens with zero attached hydrogens (tertiary/aromatic N) is 2. The number of hydrogen-bond acceptors (Lipinski definition) is 7. The van der Waals surface area contributed by atoms with E-state index in [9.17, 15) is 29.8 Å². The maximum Gasteiger partial charge on any atom is 0.328 e. The van der Waals surface area contributed by atoms with Crippen molar-refractivity contribution in [3.05, 3.63) is 113 Å². The predicted molar refractivity (Wildman–Crippen MR) is 137 cm³/mol. The van der Waals surface area contributed by atoms with Crippen LogP contribution in [-0.2, 0) is 4.79 Å². The van der Waals surface area contributed by atoms with Crippen LogP contribution in [0, 0.1) is 35.6 Å². The fourth-order valence-corrected chi connectivity index (χ4v) is 2.87. The number of nitrogens with one attached hydrogen (secondary N) is 1. The highest BCUT2D eigenvalue weighted by atomic mass is 127. The number of carboxylic acids is 1. The van der Waals surface area contributed by atoms with E-state index in [2.05, 4.69) is 39.7 Å². The molecule has 0 spiro atoms. The number of carboxylic acid groups (broad SMARTS) is 1. The molecular weight excluding hydrogens is 585 g/mol. The monoisotopic (exact) mass is 603 g/mol. The number of hydrogen-bond donors (Lipinski definition) is 3. The van der Waals surface area contributed by atoms with Gasteiger partial charge in [-0.25, -0.2) is 4.79 Å². The van der Waals surface area contributed by atoms with Gasteiger partial charge in [-0.1, -0.05) is 11.8 Å². The van der Waals surface area contributed by atoms with Crippen LogP contribution in [0.15, 0.2) is 72.8 Å². The molecule has 3 aromatic rings. The molecule has 0 aliphatic rings. The number of benzene rings is 3. The molecule has 1 atom stereocenters. The van der Waals surface area contributed by atoms with Crippen LogP contribution in [0.25, 0.3) is 0 Å². The molecule has 0 bridgehead atoms. The number of carbonyl (C=O) groups excluding carboxylic acids is 1. The molecule has 0 radical (unpaired) electrons. The van der Waals surface area contributed by atoms with Crippen molar-refractivity contribution in [2.75, 3.05) is 6.61 Å². The molecular formula is C24H18IN3O8. The van der Waals surface area contributed by atoms with Gasteiger partial charge in [0.1, 0.15) is 0 Å². The fraction of sp³-hybridized carbons (Fsp3) is 0.0833. The first-order valence-corrected chi connectivity index (χ1v) is 11.1. The molecule has 3 aromatic carbocycles. The maximum atomic E-state index is 11.9. The van der Waals surface area contributed by atoms with Gasteiger partial charge in [0.15, 0.2) is 6.04 Å². The largest absolute Gasteiger partial charge is 0.480 e. The summed E-state index contributed by atoms with van der Waals surface area (Å²) in [5.41, 5.74) is 1.56. The zero-order valence-corrected chi connectivity index (χ0v) is 20.5. The topological polar surface area (TPSA) is 173 Å². The van der Waals surface area contributed by atoms with E-state index >= 15 is 0 Å². The molecule has 0 fully saturated rings. The van der Waals surface area contributed by atoms with Crippen molar-refractivity contribution in [2.45, 2.75) is 6.04 Å². The quantitative estimate of drug-likeness (QED) is 0.167. The molecule has 0 unspecified atom stereocenters. The van der Waals surface area contributed by atoms with Crippen molar-refractivity contribution in [3.8, 4) is 11.8 Å². The third-order valence-corrected chi connectivity index (χ3v) is 5.12. The normalized spacial score (nSPS) is 10.5. The molecule has 0 aromatic heterocycles. The lowest BCUT2D eigenvalue weighted by Gasteiger charge is -2.11. The van der Waals surface area contributed by atoms with Gasteiger partial charge in [0.2, 0.25) is 0 Å². The first-order chi connectivity index (χ1) is 17.1. The summed E-state index contributed by atoms with van der Waals surface area (Å²) < 4.78 is 1.00. The van der Waals surface area contributed by atoms with Gasteiger partial charge in [0.25, 0.3) is 17.3 Å². The number of nitro groups is 2. The second-order valence-electron chi connectivity index (χ2n) is 6.91. The van der Waals surface area contributed by atoms with Crippen LogP contribution in [0.4, 0.5) is 11.4 Å². The second kappa shape index (κ2) is 13.5. The Morgan fingerprint density at radius 2 is 1.25 bits per heavy atom. The van der Waals surface area contributed by atoms with Crippen molar-refractivity contribution in [1.29, 1.82) is 0 Å². The summed E-state index contributed by atoms with van der Waals surface area (Å²) in [6.45, 7) is -0.708. The SMILES string of the molecule is O=C(N[C@@H](CO)C(=O)O)c1ccc(C#Cc2ccc([N+](=O)[O-])cc2)cc1.O=[N+]([O-])c1ccc(I)cc1. The maximum absolute atomic E-state index is 11.9. The van der Waals surface area contributed by atoms with Crippen LogP contribution in [0.2, 0.25) is 0 Å². The van der Waals surface area contributed by atoms with E-state index in [1.807, 2.05) is 0 Å². The number of aliphatic hydroxyl groups is 1. The third kappa shape index (κ3) is 8.78. The first kappa shape index (κ1) is 27.9. The van der Waals surface area contributed by atoms with E-state index < -0.39 is 34.4 Å². The number of nitro benzene ring substituents is 2. The predicted octanol–water partition coefficient (Wildman–Crippen LogP) is 3.37. The van der Waals surface area contributed by atoms with Gasteiger partial charge < -0.3 is 15.5 Å². The van der Waals surface area contributed by atoms with Gasteiger partial charge in [-0.05, 0) is 71.1 Å². The minimum absolute atomic E-state index is 0.0199. The van der Waals surface area contributed by atoms with Crippen LogP contribution in [-0.4, -0.2) is 44.6 Å². The van der Waals surface area contributed by atoms with Gasteiger partial charge in [0, 0.05) is 44.5 Å². The Balaban J connectivity index is 0.000000380. The van der Waals surface area contributed by atoms with E-state index in [4.69, 9.17) is 10.2 Å². The van der Waals surface area contributed by atoms with Gasteiger partial charge in [-0.2, -0.15) is 0 Å². The average molecular weight is 603 g/mol. The molecule has 0 saturated carbocycles. The van der Waals surface area contributed by atoms with Gasteiger partial charge in [0.05, 0.1) is 16.5 Å². The smallest absolute Gasteiger partial charge is 0.328 e. The van der Waals surface area contributed by atoms with Crippen LogP contribution in [0.1, 0.15) is 21.5 Å². The van der Waals surface area contributed by atoms with Crippen molar-refractivity contribution in [2.24, 2.45) is 0 Å². The number of non-ortho nitro benzene ring substituents is 2. The van der Waals surface area contributed by atoms with Gasteiger partial charge in [-0.15, -0.1) is 0 Å². The lowest BCUT2D eigenvalue weighted by Crippen LogP contribution is -2.43.